The molecule has 1 aromatic heterocycles. The van der Waals surface area contributed by atoms with Crippen molar-refractivity contribution in [3.05, 3.63) is 54.0 Å². The van der Waals surface area contributed by atoms with Gasteiger partial charge in [0.05, 0.1) is 17.9 Å². The maximum absolute atomic E-state index is 12.8. The SMILES string of the molecule is CN(C)c1ccc(CN(CC2CCCO2)C(=O)c2ccoc2)cc1. The van der Waals surface area contributed by atoms with Gasteiger partial charge in [0, 0.05) is 39.5 Å². The first-order chi connectivity index (χ1) is 11.6. The van der Waals surface area contributed by atoms with Gasteiger partial charge in [-0.05, 0) is 36.6 Å². The zero-order valence-electron chi connectivity index (χ0n) is 14.3. The largest absolute Gasteiger partial charge is 0.472 e. The molecule has 5 nitrogen and oxygen atoms in total. The minimum atomic E-state index is -0.0177. The summed E-state index contributed by atoms with van der Waals surface area (Å²) in [4.78, 5) is 16.7. The molecular weight excluding hydrogens is 304 g/mol. The molecular formula is C19H24N2O3. The maximum Gasteiger partial charge on any atom is 0.257 e. The van der Waals surface area contributed by atoms with E-state index in [0.29, 0.717) is 18.7 Å². The highest BCUT2D eigenvalue weighted by molar-refractivity contribution is 5.93. The highest BCUT2D eigenvalue weighted by atomic mass is 16.5. The first-order valence-corrected chi connectivity index (χ1v) is 8.33. The third-order valence-electron chi connectivity index (χ3n) is 4.33. The van der Waals surface area contributed by atoms with E-state index in [1.54, 1.807) is 6.07 Å². The van der Waals surface area contributed by atoms with E-state index >= 15 is 0 Å². The molecule has 1 amide bonds. The Bertz CT molecular complexity index is 644. The highest BCUT2D eigenvalue weighted by Crippen LogP contribution is 2.19. The van der Waals surface area contributed by atoms with Crippen molar-refractivity contribution in [2.75, 3.05) is 32.1 Å². The lowest BCUT2D eigenvalue weighted by Crippen LogP contribution is -2.36. The monoisotopic (exact) mass is 328 g/mol. The van der Waals surface area contributed by atoms with Crippen LogP contribution in [0.2, 0.25) is 0 Å². The minimum Gasteiger partial charge on any atom is -0.472 e. The molecule has 0 bridgehead atoms. The number of rotatable bonds is 6. The molecule has 0 spiro atoms. The van der Waals surface area contributed by atoms with E-state index in [9.17, 15) is 4.79 Å². The van der Waals surface area contributed by atoms with Crippen molar-refractivity contribution in [3.8, 4) is 0 Å². The predicted octanol–water partition coefficient (Wildman–Crippen LogP) is 3.17. The second kappa shape index (κ2) is 7.53. The summed E-state index contributed by atoms with van der Waals surface area (Å²) in [5.74, 6) is -0.0177. The van der Waals surface area contributed by atoms with Gasteiger partial charge in [0.2, 0.25) is 0 Å². The fraction of sp³-hybridized carbons (Fsp3) is 0.421. The Morgan fingerprint density at radius 3 is 2.58 bits per heavy atom. The normalized spacial score (nSPS) is 17.0. The van der Waals surface area contributed by atoms with Gasteiger partial charge in [0.1, 0.15) is 6.26 Å². The van der Waals surface area contributed by atoms with Crippen molar-refractivity contribution in [3.63, 3.8) is 0 Å². The summed E-state index contributed by atoms with van der Waals surface area (Å²) in [5, 5.41) is 0. The molecule has 1 aliphatic heterocycles. The van der Waals surface area contributed by atoms with Crippen molar-refractivity contribution in [2.45, 2.75) is 25.5 Å². The topological polar surface area (TPSA) is 45.9 Å². The number of hydrogen-bond acceptors (Lipinski definition) is 4. The fourth-order valence-corrected chi connectivity index (χ4v) is 2.94. The molecule has 1 fully saturated rings. The molecule has 0 radical (unpaired) electrons. The lowest BCUT2D eigenvalue weighted by Gasteiger charge is -2.25. The summed E-state index contributed by atoms with van der Waals surface area (Å²) >= 11 is 0. The Labute approximate surface area is 142 Å². The van der Waals surface area contributed by atoms with Crippen LogP contribution in [0.5, 0.6) is 0 Å². The van der Waals surface area contributed by atoms with E-state index in [1.165, 1.54) is 12.5 Å². The molecule has 1 saturated heterocycles. The molecule has 1 atom stereocenters. The average Bonchev–Trinajstić information content (AvgIpc) is 3.28. The second-order valence-corrected chi connectivity index (χ2v) is 6.39. The first kappa shape index (κ1) is 16.6. The van der Waals surface area contributed by atoms with Gasteiger partial charge in [-0.15, -0.1) is 0 Å². The summed E-state index contributed by atoms with van der Waals surface area (Å²) in [6.07, 6.45) is 5.23. The molecule has 5 heteroatoms. The van der Waals surface area contributed by atoms with Crippen LogP contribution in [0.1, 0.15) is 28.8 Å². The third-order valence-corrected chi connectivity index (χ3v) is 4.33. The van der Waals surface area contributed by atoms with E-state index in [1.807, 2.05) is 19.0 Å². The number of furan rings is 1. The molecule has 2 aromatic rings. The summed E-state index contributed by atoms with van der Waals surface area (Å²) < 4.78 is 10.8. The molecule has 2 heterocycles. The Morgan fingerprint density at radius 1 is 1.21 bits per heavy atom. The Balaban J connectivity index is 1.74. The van der Waals surface area contributed by atoms with Gasteiger partial charge >= 0.3 is 0 Å². The lowest BCUT2D eigenvalue weighted by atomic mass is 10.1. The van der Waals surface area contributed by atoms with Crippen LogP contribution in [0.15, 0.2) is 47.3 Å². The number of nitrogens with zero attached hydrogens (tertiary/aromatic N) is 2. The van der Waals surface area contributed by atoms with Gasteiger partial charge in [-0.2, -0.15) is 0 Å². The third kappa shape index (κ3) is 3.97. The highest BCUT2D eigenvalue weighted by Gasteiger charge is 2.24. The van der Waals surface area contributed by atoms with Gasteiger partial charge < -0.3 is 19.0 Å². The zero-order valence-corrected chi connectivity index (χ0v) is 14.3. The maximum atomic E-state index is 12.8. The van der Waals surface area contributed by atoms with E-state index in [0.717, 1.165) is 30.7 Å². The van der Waals surface area contributed by atoms with Crippen molar-refractivity contribution < 1.29 is 13.9 Å². The first-order valence-electron chi connectivity index (χ1n) is 8.33. The van der Waals surface area contributed by atoms with Crippen LogP contribution in [0.25, 0.3) is 0 Å². The Morgan fingerprint density at radius 2 is 2.00 bits per heavy atom. The van der Waals surface area contributed by atoms with Crippen LogP contribution in [0, 0.1) is 0 Å². The standard InChI is InChI=1S/C19H24N2O3/c1-20(2)17-7-5-15(6-8-17)12-21(13-18-4-3-10-24-18)19(22)16-9-11-23-14-16/h5-9,11,14,18H,3-4,10,12-13H2,1-2H3. The van der Waals surface area contributed by atoms with Crippen molar-refractivity contribution in [1.29, 1.82) is 0 Å². The van der Waals surface area contributed by atoms with Gasteiger partial charge in [0.15, 0.2) is 0 Å². The van der Waals surface area contributed by atoms with Gasteiger partial charge in [-0.3, -0.25) is 4.79 Å². The second-order valence-electron chi connectivity index (χ2n) is 6.39. The van der Waals surface area contributed by atoms with Crippen molar-refractivity contribution in [1.82, 2.24) is 4.90 Å². The molecule has 3 rings (SSSR count). The van der Waals surface area contributed by atoms with E-state index in [2.05, 4.69) is 29.2 Å². The van der Waals surface area contributed by atoms with Crippen molar-refractivity contribution >= 4 is 11.6 Å². The lowest BCUT2D eigenvalue weighted by molar-refractivity contribution is 0.0506. The van der Waals surface area contributed by atoms with Crippen molar-refractivity contribution in [2.24, 2.45) is 0 Å². The Hall–Kier alpha value is -2.27. The fourth-order valence-electron chi connectivity index (χ4n) is 2.94. The number of anilines is 1. The molecule has 1 aliphatic rings. The number of carbonyl (C=O) groups excluding carboxylic acids is 1. The quantitative estimate of drug-likeness (QED) is 0.817. The van der Waals surface area contributed by atoms with Gasteiger partial charge in [0.25, 0.3) is 5.91 Å². The molecule has 128 valence electrons. The minimum absolute atomic E-state index is 0.0177. The van der Waals surface area contributed by atoms with E-state index < -0.39 is 0 Å². The van der Waals surface area contributed by atoms with Crippen LogP contribution >= 0.6 is 0 Å². The molecule has 1 unspecified atom stereocenters. The van der Waals surface area contributed by atoms with Gasteiger partial charge in [-0.1, -0.05) is 12.1 Å². The molecule has 0 aliphatic carbocycles. The summed E-state index contributed by atoms with van der Waals surface area (Å²) in [6, 6.07) is 9.99. The number of carbonyl (C=O) groups is 1. The van der Waals surface area contributed by atoms with Crippen LogP contribution < -0.4 is 4.90 Å². The van der Waals surface area contributed by atoms with Crippen LogP contribution in [0.4, 0.5) is 5.69 Å². The van der Waals surface area contributed by atoms with E-state index in [-0.39, 0.29) is 12.0 Å². The predicted molar refractivity (Wildman–Crippen MR) is 93.2 cm³/mol. The average molecular weight is 328 g/mol. The Kier molecular flexibility index (Phi) is 5.20. The number of ether oxygens (including phenoxy) is 1. The van der Waals surface area contributed by atoms with Crippen LogP contribution in [0.3, 0.4) is 0 Å². The zero-order chi connectivity index (χ0) is 16.9. The van der Waals surface area contributed by atoms with Crippen LogP contribution in [-0.4, -0.2) is 44.2 Å². The number of amides is 1. The number of hydrogen-bond donors (Lipinski definition) is 0. The smallest absolute Gasteiger partial charge is 0.257 e. The summed E-state index contributed by atoms with van der Waals surface area (Å²) in [5.41, 5.74) is 2.83. The summed E-state index contributed by atoms with van der Waals surface area (Å²) in [6.45, 7) is 1.97. The molecule has 24 heavy (non-hydrogen) atoms. The molecule has 0 saturated carbocycles. The van der Waals surface area contributed by atoms with Crippen LogP contribution in [-0.2, 0) is 11.3 Å². The molecule has 1 aromatic carbocycles. The van der Waals surface area contributed by atoms with E-state index in [4.69, 9.17) is 9.15 Å². The van der Waals surface area contributed by atoms with Gasteiger partial charge in [-0.25, -0.2) is 0 Å². The number of benzene rings is 1. The molecule has 0 N–H and O–H groups in total. The summed E-state index contributed by atoms with van der Waals surface area (Å²) in [7, 11) is 4.03.